The number of nitrogens with one attached hydrogen (secondary N) is 1. The van der Waals surface area contributed by atoms with Crippen molar-refractivity contribution in [3.63, 3.8) is 0 Å². The Morgan fingerprint density at radius 3 is 2.70 bits per heavy atom. The standard InChI is InChI=1S/C14H18ClN5O2S/c1-7(2)10-16-6-8(15)9(17-10)11(21)18-13-19-12(20-23-13)14(3,4)22-5/h6-7H,1-5H3,(H,18,19,20,21). The molecule has 0 aromatic carbocycles. The topological polar surface area (TPSA) is 89.9 Å². The third-order valence-electron chi connectivity index (χ3n) is 3.19. The summed E-state index contributed by atoms with van der Waals surface area (Å²) in [5, 5.41) is 3.20. The van der Waals surface area contributed by atoms with Crippen LogP contribution in [-0.4, -0.2) is 32.3 Å². The Kier molecular flexibility index (Phi) is 5.28. The van der Waals surface area contributed by atoms with E-state index < -0.39 is 11.5 Å². The number of methoxy groups -OCH3 is 1. The van der Waals surface area contributed by atoms with Crippen LogP contribution in [-0.2, 0) is 10.3 Å². The van der Waals surface area contributed by atoms with Gasteiger partial charge in [0.25, 0.3) is 5.91 Å². The number of hydrogen-bond acceptors (Lipinski definition) is 7. The lowest BCUT2D eigenvalue weighted by Gasteiger charge is -2.18. The Morgan fingerprint density at radius 2 is 2.09 bits per heavy atom. The van der Waals surface area contributed by atoms with Crippen LogP contribution in [0.3, 0.4) is 0 Å². The monoisotopic (exact) mass is 355 g/mol. The van der Waals surface area contributed by atoms with E-state index in [1.165, 1.54) is 6.20 Å². The van der Waals surface area contributed by atoms with Crippen LogP contribution in [0.5, 0.6) is 0 Å². The number of anilines is 1. The molecule has 124 valence electrons. The third kappa shape index (κ3) is 4.01. The Morgan fingerprint density at radius 1 is 1.39 bits per heavy atom. The Balaban J connectivity index is 2.21. The molecule has 2 rings (SSSR count). The molecule has 2 aromatic rings. The van der Waals surface area contributed by atoms with Gasteiger partial charge in [-0.05, 0) is 13.8 Å². The van der Waals surface area contributed by atoms with Crippen molar-refractivity contribution in [2.75, 3.05) is 12.4 Å². The molecule has 0 aliphatic rings. The lowest BCUT2D eigenvalue weighted by molar-refractivity contribution is 0.0125. The number of halogens is 1. The smallest absolute Gasteiger partial charge is 0.277 e. The summed E-state index contributed by atoms with van der Waals surface area (Å²) < 4.78 is 9.51. The summed E-state index contributed by atoms with van der Waals surface area (Å²) >= 11 is 7.10. The first kappa shape index (κ1) is 17.7. The van der Waals surface area contributed by atoms with Gasteiger partial charge in [0.2, 0.25) is 5.13 Å². The molecular formula is C14H18ClN5O2S. The second-order valence-electron chi connectivity index (χ2n) is 5.67. The molecular weight excluding hydrogens is 338 g/mol. The summed E-state index contributed by atoms with van der Waals surface area (Å²) in [6, 6.07) is 0. The number of amides is 1. The minimum Gasteiger partial charge on any atom is -0.371 e. The highest BCUT2D eigenvalue weighted by molar-refractivity contribution is 7.09. The lowest BCUT2D eigenvalue weighted by atomic mass is 10.1. The number of ether oxygens (including phenoxy) is 1. The minimum absolute atomic E-state index is 0.0921. The molecule has 0 saturated heterocycles. The van der Waals surface area contributed by atoms with Crippen molar-refractivity contribution in [3.8, 4) is 0 Å². The van der Waals surface area contributed by atoms with Gasteiger partial charge in [-0.3, -0.25) is 10.1 Å². The molecule has 7 nitrogen and oxygen atoms in total. The van der Waals surface area contributed by atoms with E-state index >= 15 is 0 Å². The van der Waals surface area contributed by atoms with Gasteiger partial charge in [0.05, 0.1) is 11.2 Å². The van der Waals surface area contributed by atoms with Gasteiger partial charge < -0.3 is 4.74 Å². The van der Waals surface area contributed by atoms with Crippen LogP contribution in [0.4, 0.5) is 5.13 Å². The lowest BCUT2D eigenvalue weighted by Crippen LogP contribution is -2.21. The summed E-state index contributed by atoms with van der Waals surface area (Å²) in [5.74, 6) is 0.696. The number of hydrogen-bond donors (Lipinski definition) is 1. The average molecular weight is 356 g/mol. The maximum Gasteiger partial charge on any atom is 0.277 e. The van der Waals surface area contributed by atoms with E-state index in [1.54, 1.807) is 7.11 Å². The van der Waals surface area contributed by atoms with E-state index in [0.717, 1.165) is 11.5 Å². The van der Waals surface area contributed by atoms with Crippen LogP contribution < -0.4 is 5.32 Å². The SMILES string of the molecule is COC(C)(C)c1nsc(NC(=O)c2nc(C(C)C)ncc2Cl)n1. The van der Waals surface area contributed by atoms with Crippen molar-refractivity contribution in [3.05, 3.63) is 28.6 Å². The zero-order chi connectivity index (χ0) is 17.2. The second-order valence-corrected chi connectivity index (χ2v) is 6.83. The van der Waals surface area contributed by atoms with E-state index in [-0.39, 0.29) is 16.6 Å². The third-order valence-corrected chi connectivity index (χ3v) is 4.10. The van der Waals surface area contributed by atoms with Crippen LogP contribution in [0, 0.1) is 0 Å². The summed E-state index contributed by atoms with van der Waals surface area (Å²) in [5.41, 5.74) is -0.509. The quantitative estimate of drug-likeness (QED) is 0.885. The maximum absolute atomic E-state index is 12.4. The Labute approximate surface area is 143 Å². The molecule has 0 atom stereocenters. The number of aromatic nitrogens is 4. The number of nitrogens with zero attached hydrogens (tertiary/aromatic N) is 4. The molecule has 0 aliphatic carbocycles. The molecule has 1 amide bonds. The average Bonchev–Trinajstić information content (AvgIpc) is 2.96. The second kappa shape index (κ2) is 6.86. The molecule has 2 aromatic heterocycles. The van der Waals surface area contributed by atoms with Crippen molar-refractivity contribution < 1.29 is 9.53 Å². The van der Waals surface area contributed by atoms with Gasteiger partial charge in [-0.1, -0.05) is 25.4 Å². The van der Waals surface area contributed by atoms with Gasteiger partial charge in [0, 0.05) is 24.6 Å². The van der Waals surface area contributed by atoms with Gasteiger partial charge in [-0.25, -0.2) is 15.0 Å². The molecule has 2 heterocycles. The van der Waals surface area contributed by atoms with Crippen molar-refractivity contribution in [1.82, 2.24) is 19.3 Å². The van der Waals surface area contributed by atoms with Crippen molar-refractivity contribution in [1.29, 1.82) is 0 Å². The zero-order valence-electron chi connectivity index (χ0n) is 13.5. The fourth-order valence-electron chi connectivity index (χ4n) is 1.58. The summed E-state index contributed by atoms with van der Waals surface area (Å²) in [7, 11) is 1.58. The number of carbonyl (C=O) groups excluding carboxylic acids is 1. The Hall–Kier alpha value is -1.64. The van der Waals surface area contributed by atoms with Gasteiger partial charge >= 0.3 is 0 Å². The molecule has 9 heteroatoms. The van der Waals surface area contributed by atoms with Crippen LogP contribution in [0.25, 0.3) is 0 Å². The van der Waals surface area contributed by atoms with Gasteiger partial charge in [-0.15, -0.1) is 0 Å². The minimum atomic E-state index is -0.628. The molecule has 0 bridgehead atoms. The van der Waals surface area contributed by atoms with Gasteiger partial charge in [0.15, 0.2) is 11.5 Å². The van der Waals surface area contributed by atoms with Gasteiger partial charge in [0.1, 0.15) is 11.4 Å². The van der Waals surface area contributed by atoms with E-state index in [4.69, 9.17) is 16.3 Å². The first-order valence-corrected chi connectivity index (χ1v) is 8.13. The number of rotatable bonds is 5. The van der Waals surface area contributed by atoms with E-state index in [2.05, 4.69) is 24.6 Å². The van der Waals surface area contributed by atoms with E-state index in [1.807, 2.05) is 27.7 Å². The summed E-state index contributed by atoms with van der Waals surface area (Å²) in [4.78, 5) is 25.0. The molecule has 0 radical (unpaired) electrons. The number of carbonyl (C=O) groups is 1. The molecule has 0 spiro atoms. The zero-order valence-corrected chi connectivity index (χ0v) is 15.1. The molecule has 0 unspecified atom stereocenters. The maximum atomic E-state index is 12.4. The van der Waals surface area contributed by atoms with Crippen LogP contribution in [0.1, 0.15) is 55.8 Å². The predicted octanol–water partition coefficient (Wildman–Crippen LogP) is 3.24. The molecule has 0 saturated carbocycles. The van der Waals surface area contributed by atoms with E-state index in [9.17, 15) is 4.79 Å². The Bertz CT molecular complexity index is 717. The predicted molar refractivity (Wildman–Crippen MR) is 89.0 cm³/mol. The normalized spacial score (nSPS) is 11.8. The van der Waals surface area contributed by atoms with Crippen molar-refractivity contribution in [2.45, 2.75) is 39.2 Å². The largest absolute Gasteiger partial charge is 0.371 e. The molecule has 1 N–H and O–H groups in total. The fourth-order valence-corrected chi connectivity index (χ4v) is 2.46. The highest BCUT2D eigenvalue weighted by Crippen LogP contribution is 2.25. The first-order valence-electron chi connectivity index (χ1n) is 6.97. The van der Waals surface area contributed by atoms with Crippen molar-refractivity contribution >= 4 is 34.2 Å². The van der Waals surface area contributed by atoms with Crippen LogP contribution in [0.15, 0.2) is 6.20 Å². The summed E-state index contributed by atoms with van der Waals surface area (Å²) in [6.07, 6.45) is 1.43. The molecule has 0 aliphatic heterocycles. The highest BCUT2D eigenvalue weighted by atomic mass is 35.5. The van der Waals surface area contributed by atoms with Crippen LogP contribution >= 0.6 is 23.1 Å². The highest BCUT2D eigenvalue weighted by Gasteiger charge is 2.26. The first-order chi connectivity index (χ1) is 10.7. The van der Waals surface area contributed by atoms with Crippen molar-refractivity contribution in [2.24, 2.45) is 0 Å². The van der Waals surface area contributed by atoms with Gasteiger partial charge in [-0.2, -0.15) is 4.37 Å². The van der Waals surface area contributed by atoms with Crippen LogP contribution in [0.2, 0.25) is 5.02 Å². The summed E-state index contributed by atoms with van der Waals surface area (Å²) in [6.45, 7) is 7.57. The fraction of sp³-hybridized carbons (Fsp3) is 0.500. The molecule has 0 fully saturated rings. The molecule has 23 heavy (non-hydrogen) atoms. The van der Waals surface area contributed by atoms with E-state index in [0.29, 0.717) is 16.8 Å².